The summed E-state index contributed by atoms with van der Waals surface area (Å²) in [6.07, 6.45) is -1.49. The summed E-state index contributed by atoms with van der Waals surface area (Å²) in [5.41, 5.74) is -1.12. The van der Waals surface area contributed by atoms with E-state index in [4.69, 9.17) is 4.74 Å². The van der Waals surface area contributed by atoms with E-state index in [2.05, 4.69) is 13.8 Å². The summed E-state index contributed by atoms with van der Waals surface area (Å²) in [7, 11) is 0. The Kier molecular flexibility index (Phi) is 1.65. The lowest BCUT2D eigenvalue weighted by Gasteiger charge is -2.38. The normalized spacial score (nSPS) is 66.0. The molecule has 2 aliphatic rings. The average Bonchev–Trinajstić information content (AvgIpc) is 2.36. The van der Waals surface area contributed by atoms with Crippen molar-refractivity contribution in [2.75, 3.05) is 0 Å². The van der Waals surface area contributed by atoms with Gasteiger partial charge in [0.05, 0.1) is 11.2 Å². The molecule has 4 unspecified atom stereocenters. The van der Waals surface area contributed by atoms with Crippen molar-refractivity contribution < 1.29 is 14.9 Å². The molecule has 3 heteroatoms. The molecule has 13 heavy (non-hydrogen) atoms. The third-order valence-electron chi connectivity index (χ3n) is 4.47. The SMILES string of the molecule is CC1C(C)[C@@]2(C)O[C@]1(C)C(O)C2O. The molecule has 2 heterocycles. The zero-order valence-electron chi connectivity index (χ0n) is 8.61. The van der Waals surface area contributed by atoms with E-state index >= 15 is 0 Å². The highest BCUT2D eigenvalue weighted by Crippen LogP contribution is 2.56. The molecule has 2 rings (SSSR count). The Morgan fingerprint density at radius 2 is 1.23 bits per heavy atom. The summed E-state index contributed by atoms with van der Waals surface area (Å²) in [6, 6.07) is 0. The van der Waals surface area contributed by atoms with E-state index < -0.39 is 23.4 Å². The number of hydrogen-bond donors (Lipinski definition) is 2. The summed E-state index contributed by atoms with van der Waals surface area (Å²) < 4.78 is 5.80. The molecular formula is C10H18O3. The number of fused-ring (bicyclic) bond motifs is 2. The van der Waals surface area contributed by atoms with Gasteiger partial charge in [-0.15, -0.1) is 0 Å². The minimum absolute atomic E-state index is 0.288. The quantitative estimate of drug-likeness (QED) is 0.580. The second-order valence-electron chi connectivity index (χ2n) is 4.94. The molecule has 2 fully saturated rings. The van der Waals surface area contributed by atoms with E-state index in [1.807, 2.05) is 13.8 Å². The summed E-state index contributed by atoms with van der Waals surface area (Å²) in [5, 5.41) is 19.7. The zero-order valence-corrected chi connectivity index (χ0v) is 8.61. The van der Waals surface area contributed by atoms with Crippen molar-refractivity contribution in [2.24, 2.45) is 11.8 Å². The fourth-order valence-electron chi connectivity index (χ4n) is 2.94. The third kappa shape index (κ3) is 0.808. The van der Waals surface area contributed by atoms with Gasteiger partial charge in [0.15, 0.2) is 0 Å². The number of hydrogen-bond acceptors (Lipinski definition) is 3. The third-order valence-corrected chi connectivity index (χ3v) is 4.47. The van der Waals surface area contributed by atoms with E-state index in [9.17, 15) is 10.2 Å². The first-order valence-corrected chi connectivity index (χ1v) is 4.90. The lowest BCUT2D eigenvalue weighted by atomic mass is 9.66. The van der Waals surface area contributed by atoms with Crippen LogP contribution in [0.5, 0.6) is 0 Å². The van der Waals surface area contributed by atoms with E-state index in [-0.39, 0.29) is 11.8 Å². The molecule has 2 N–H and O–H groups in total. The molecule has 76 valence electrons. The first-order valence-electron chi connectivity index (χ1n) is 4.90. The predicted octanol–water partition coefficient (Wildman–Crippen LogP) is 0.542. The highest BCUT2D eigenvalue weighted by atomic mass is 16.6. The standard InChI is InChI=1S/C10H18O3/c1-5-6(2)10(4)8(12)7(11)9(5,3)13-10/h5-8,11-12H,1-4H3/t5?,6?,7?,8?,9-,10+. The largest absolute Gasteiger partial charge is 0.387 e. The van der Waals surface area contributed by atoms with Gasteiger partial charge in [0.25, 0.3) is 0 Å². The summed E-state index contributed by atoms with van der Waals surface area (Å²) >= 11 is 0. The van der Waals surface area contributed by atoms with Gasteiger partial charge in [-0.2, -0.15) is 0 Å². The highest BCUT2D eigenvalue weighted by Gasteiger charge is 2.69. The van der Waals surface area contributed by atoms with Crippen LogP contribution in [-0.4, -0.2) is 33.6 Å². The molecule has 0 aliphatic carbocycles. The van der Waals surface area contributed by atoms with Crippen molar-refractivity contribution in [2.45, 2.75) is 51.1 Å². The molecule has 0 aromatic carbocycles. The fourth-order valence-corrected chi connectivity index (χ4v) is 2.94. The second-order valence-corrected chi connectivity index (χ2v) is 4.94. The molecule has 0 spiro atoms. The van der Waals surface area contributed by atoms with Crippen molar-refractivity contribution in [1.29, 1.82) is 0 Å². The molecule has 2 aliphatic heterocycles. The van der Waals surface area contributed by atoms with Gasteiger partial charge < -0.3 is 14.9 Å². The van der Waals surface area contributed by atoms with E-state index in [1.54, 1.807) is 0 Å². The first-order chi connectivity index (χ1) is 5.84. The van der Waals surface area contributed by atoms with Crippen LogP contribution in [0.25, 0.3) is 0 Å². The lowest BCUT2D eigenvalue weighted by Crippen LogP contribution is -2.54. The van der Waals surface area contributed by atoms with Crippen LogP contribution in [0.3, 0.4) is 0 Å². The Balaban J connectivity index is 2.44. The van der Waals surface area contributed by atoms with Gasteiger partial charge in [0.2, 0.25) is 0 Å². The maximum Gasteiger partial charge on any atom is 0.112 e. The van der Waals surface area contributed by atoms with Crippen LogP contribution in [0.2, 0.25) is 0 Å². The van der Waals surface area contributed by atoms with Gasteiger partial charge in [0, 0.05) is 0 Å². The van der Waals surface area contributed by atoms with Crippen molar-refractivity contribution in [1.82, 2.24) is 0 Å². The van der Waals surface area contributed by atoms with Gasteiger partial charge in [-0.05, 0) is 25.7 Å². The minimum atomic E-state index is -0.747. The smallest absolute Gasteiger partial charge is 0.112 e. The maximum atomic E-state index is 9.83. The van der Waals surface area contributed by atoms with Crippen LogP contribution in [-0.2, 0) is 4.74 Å². The van der Waals surface area contributed by atoms with Gasteiger partial charge in [-0.3, -0.25) is 0 Å². The Bertz CT molecular complexity index is 198. The Labute approximate surface area is 78.7 Å². The lowest BCUT2D eigenvalue weighted by molar-refractivity contribution is -0.0733. The van der Waals surface area contributed by atoms with Crippen LogP contribution in [0.4, 0.5) is 0 Å². The van der Waals surface area contributed by atoms with Gasteiger partial charge in [-0.25, -0.2) is 0 Å². The van der Waals surface area contributed by atoms with Crippen LogP contribution in [0.15, 0.2) is 0 Å². The molecule has 6 atom stereocenters. The molecule has 3 nitrogen and oxygen atoms in total. The molecule has 2 saturated heterocycles. The predicted molar refractivity (Wildman–Crippen MR) is 48.2 cm³/mol. The van der Waals surface area contributed by atoms with Crippen LogP contribution in [0.1, 0.15) is 27.7 Å². The molecule has 2 bridgehead atoms. The number of aliphatic hydroxyl groups excluding tert-OH is 2. The minimum Gasteiger partial charge on any atom is -0.387 e. The van der Waals surface area contributed by atoms with Crippen molar-refractivity contribution >= 4 is 0 Å². The van der Waals surface area contributed by atoms with Crippen LogP contribution < -0.4 is 0 Å². The van der Waals surface area contributed by atoms with Crippen LogP contribution >= 0.6 is 0 Å². The van der Waals surface area contributed by atoms with Gasteiger partial charge in [0.1, 0.15) is 12.2 Å². The van der Waals surface area contributed by atoms with Crippen molar-refractivity contribution in [3.63, 3.8) is 0 Å². The van der Waals surface area contributed by atoms with Crippen molar-refractivity contribution in [3.8, 4) is 0 Å². The summed E-state index contributed by atoms with van der Waals surface area (Å²) in [6.45, 7) is 7.93. The molecule has 0 radical (unpaired) electrons. The number of rotatable bonds is 0. The Morgan fingerprint density at radius 1 is 0.923 bits per heavy atom. The summed E-state index contributed by atoms with van der Waals surface area (Å²) in [5.74, 6) is 0.576. The van der Waals surface area contributed by atoms with Crippen molar-refractivity contribution in [3.05, 3.63) is 0 Å². The number of ether oxygens (including phenoxy) is 1. The summed E-state index contributed by atoms with van der Waals surface area (Å²) in [4.78, 5) is 0. The van der Waals surface area contributed by atoms with E-state index in [1.165, 1.54) is 0 Å². The van der Waals surface area contributed by atoms with E-state index in [0.717, 1.165) is 0 Å². The Morgan fingerprint density at radius 3 is 1.46 bits per heavy atom. The zero-order chi connectivity index (χ0) is 10.0. The first kappa shape index (κ1) is 9.44. The van der Waals surface area contributed by atoms with Gasteiger partial charge >= 0.3 is 0 Å². The monoisotopic (exact) mass is 186 g/mol. The maximum absolute atomic E-state index is 9.83. The molecular weight excluding hydrogens is 168 g/mol. The highest BCUT2D eigenvalue weighted by molar-refractivity contribution is 5.17. The number of aliphatic hydroxyl groups is 2. The Hall–Kier alpha value is -0.120. The molecule has 0 amide bonds. The second kappa shape index (κ2) is 2.27. The van der Waals surface area contributed by atoms with Crippen LogP contribution in [0, 0.1) is 11.8 Å². The molecule has 0 aromatic heterocycles. The fraction of sp³-hybridized carbons (Fsp3) is 1.00. The van der Waals surface area contributed by atoms with E-state index in [0.29, 0.717) is 0 Å². The molecule has 0 saturated carbocycles. The topological polar surface area (TPSA) is 49.7 Å². The van der Waals surface area contributed by atoms with Gasteiger partial charge in [-0.1, -0.05) is 13.8 Å². The molecule has 0 aromatic rings. The average molecular weight is 186 g/mol.